The average molecular weight is 1170 g/mol. The molecule has 0 amide bonds. The Morgan fingerprint density at radius 1 is 0.371 bits per heavy atom. The molecule has 0 atom stereocenters. The Morgan fingerprint density at radius 3 is 0.929 bits per heavy atom. The molecule has 0 spiro atoms. The van der Waals surface area contributed by atoms with Crippen LogP contribution < -0.4 is 54.7 Å². The molecule has 0 N–H and O–H groups in total. The van der Waals surface area contributed by atoms with E-state index in [1.165, 1.54) is 176 Å². The van der Waals surface area contributed by atoms with Crippen molar-refractivity contribution in [3.05, 3.63) is 147 Å². The van der Waals surface area contributed by atoms with Crippen LogP contribution in [0.1, 0.15) is 169 Å². The molecule has 10 rings (SSSR count). The number of aromatic nitrogens is 6. The molecule has 4 saturated carbocycles. The van der Waals surface area contributed by atoms with E-state index in [0.29, 0.717) is 0 Å². The molecular weight excluding hydrogens is 1080 g/mol. The largest absolute Gasteiger partial charge is 1.00 e. The molecule has 4 aliphatic carbocycles. The van der Waals surface area contributed by atoms with Crippen molar-refractivity contribution >= 4 is 0 Å². The normalized spacial score (nSPS) is 14.6. The molecule has 0 bridgehead atoms. The standard InChI is InChI=1S/2C24H29N3.2C5H10.2CH4.ClH.2Fe.HI/c2*1-2-8-21(7-1)9-4-6-16-26-17-11-22(12-18-26)23-13-19-27(20-14-23)24-10-3-5-15-25-24;2*1-2-4-5-3-1;;;;;;/h2*3,5,10-15,17-21H,1-2,4,6-9,16H2;2*1-5H2;2*1H4;1H;;;1H/q2*+2;;;;;;;;/p-2. The monoisotopic (exact) mass is 1160 g/mol. The van der Waals surface area contributed by atoms with Crippen LogP contribution in [0.5, 0.6) is 0 Å². The molecule has 0 aliphatic heterocycles. The topological polar surface area (TPSA) is 41.3 Å². The van der Waals surface area contributed by atoms with Crippen LogP contribution >= 0.6 is 0 Å². The summed E-state index contributed by atoms with van der Waals surface area (Å²) < 4.78 is 8.71. The van der Waals surface area contributed by atoms with E-state index >= 15 is 0 Å². The van der Waals surface area contributed by atoms with Crippen molar-refractivity contribution < 1.29 is 88.8 Å². The maximum absolute atomic E-state index is 4.38. The van der Waals surface area contributed by atoms with Gasteiger partial charge in [-0.05, 0) is 93.3 Å². The van der Waals surface area contributed by atoms with Crippen LogP contribution in [0, 0.1) is 11.8 Å². The first-order valence-corrected chi connectivity index (χ1v) is 25.6. The van der Waals surface area contributed by atoms with Crippen LogP contribution in [0.25, 0.3) is 33.9 Å². The molecule has 384 valence electrons. The van der Waals surface area contributed by atoms with E-state index in [4.69, 9.17) is 0 Å². The van der Waals surface area contributed by atoms with Crippen LogP contribution in [-0.4, -0.2) is 9.97 Å². The molecule has 6 aromatic rings. The molecule has 6 heterocycles. The molecule has 0 radical (unpaired) electrons. The fraction of sp³-hybridized carbons (Fsp3) is 0.500. The van der Waals surface area contributed by atoms with Gasteiger partial charge in [0, 0.05) is 83.4 Å². The number of rotatable bonds is 14. The van der Waals surface area contributed by atoms with E-state index in [-0.39, 0.29) is 85.4 Å². The van der Waals surface area contributed by atoms with Gasteiger partial charge < -0.3 is 36.4 Å². The predicted molar refractivity (Wildman–Crippen MR) is 274 cm³/mol. The van der Waals surface area contributed by atoms with Gasteiger partial charge in [-0.15, -0.1) is 0 Å². The minimum absolute atomic E-state index is 0. The molecule has 10 heteroatoms. The van der Waals surface area contributed by atoms with E-state index in [9.17, 15) is 0 Å². The van der Waals surface area contributed by atoms with E-state index in [1.54, 1.807) is 0 Å². The van der Waals surface area contributed by atoms with Crippen molar-refractivity contribution in [2.24, 2.45) is 11.8 Å². The Balaban J connectivity index is 0.000000542. The summed E-state index contributed by atoms with van der Waals surface area (Å²) in [6, 6.07) is 29.4. The van der Waals surface area contributed by atoms with E-state index < -0.39 is 0 Å². The maximum atomic E-state index is 4.38. The van der Waals surface area contributed by atoms with Gasteiger partial charge in [0.1, 0.15) is 25.5 Å². The van der Waals surface area contributed by atoms with Crippen LogP contribution in [0.3, 0.4) is 0 Å². The van der Waals surface area contributed by atoms with Crippen molar-refractivity contribution in [2.75, 3.05) is 0 Å². The van der Waals surface area contributed by atoms with E-state index in [0.717, 1.165) is 36.6 Å². The Hall–Kier alpha value is -3.04. The molecule has 0 saturated heterocycles. The fourth-order valence-electron chi connectivity index (χ4n) is 9.97. The first-order chi connectivity index (χ1) is 31.8. The molecule has 4 fully saturated rings. The van der Waals surface area contributed by atoms with Gasteiger partial charge in [0.05, 0.1) is 24.8 Å². The minimum Gasteiger partial charge on any atom is -1.00 e. The van der Waals surface area contributed by atoms with Crippen molar-refractivity contribution in [1.82, 2.24) is 9.97 Å². The second-order valence-electron chi connectivity index (χ2n) is 18.8. The summed E-state index contributed by atoms with van der Waals surface area (Å²) in [5.41, 5.74) is 4.97. The van der Waals surface area contributed by atoms with E-state index in [1.807, 2.05) is 57.9 Å². The Morgan fingerprint density at radius 2 is 0.657 bits per heavy atom. The number of hydrogen-bond acceptors (Lipinski definition) is 2. The molecule has 70 heavy (non-hydrogen) atoms. The molecular formula is C60H86ClFe2IN6+2. The van der Waals surface area contributed by atoms with Crippen LogP contribution in [0.4, 0.5) is 0 Å². The molecule has 6 aromatic heterocycles. The number of aryl methyl sites for hydroxylation is 2. The second kappa shape index (κ2) is 38.6. The van der Waals surface area contributed by atoms with Gasteiger partial charge in [-0.3, -0.25) is 0 Å². The minimum atomic E-state index is 0. The zero-order valence-corrected chi connectivity index (χ0v) is 45.7. The number of unbranched alkanes of at least 4 members (excludes halogenated alkanes) is 2. The first-order valence-electron chi connectivity index (χ1n) is 25.6. The third-order valence-corrected chi connectivity index (χ3v) is 13.9. The van der Waals surface area contributed by atoms with Gasteiger partial charge in [0.2, 0.25) is 0 Å². The van der Waals surface area contributed by atoms with Crippen molar-refractivity contribution in [3.63, 3.8) is 0 Å². The summed E-state index contributed by atoms with van der Waals surface area (Å²) in [4.78, 5) is 8.77. The Kier molecular flexibility index (Phi) is 35.8. The number of hydrogen-bond donors (Lipinski definition) is 0. The van der Waals surface area contributed by atoms with Crippen molar-refractivity contribution in [3.8, 4) is 33.9 Å². The predicted octanol–water partition coefficient (Wildman–Crippen LogP) is 8.52. The van der Waals surface area contributed by atoms with Crippen LogP contribution in [-0.2, 0) is 47.2 Å². The maximum Gasteiger partial charge on any atom is 0.327 e. The number of nitrogens with zero attached hydrogens (tertiary/aromatic N) is 6. The first kappa shape index (κ1) is 65.0. The van der Waals surface area contributed by atoms with Gasteiger partial charge >= 0.3 is 11.6 Å². The van der Waals surface area contributed by atoms with Crippen molar-refractivity contribution in [1.29, 1.82) is 0 Å². The third kappa shape index (κ3) is 23.2. The number of pyridine rings is 6. The summed E-state index contributed by atoms with van der Waals surface area (Å²) in [5.74, 6) is 3.91. The van der Waals surface area contributed by atoms with Gasteiger partial charge in [0.25, 0.3) is 0 Å². The van der Waals surface area contributed by atoms with Crippen molar-refractivity contribution in [2.45, 2.75) is 182 Å². The second-order valence-corrected chi connectivity index (χ2v) is 18.8. The summed E-state index contributed by atoms with van der Waals surface area (Å²) in [7, 11) is 0. The molecule has 0 aromatic carbocycles. The third-order valence-electron chi connectivity index (χ3n) is 13.9. The van der Waals surface area contributed by atoms with Gasteiger partial charge in [-0.25, -0.2) is 18.3 Å². The average Bonchev–Trinajstić information content (AvgIpc) is 4.25. The summed E-state index contributed by atoms with van der Waals surface area (Å²) in [6.07, 6.45) is 55.7. The van der Waals surface area contributed by atoms with Gasteiger partial charge in [0.15, 0.2) is 24.8 Å². The summed E-state index contributed by atoms with van der Waals surface area (Å²) >= 11 is 0. The van der Waals surface area contributed by atoms with Crippen LogP contribution in [0.2, 0.25) is 0 Å². The molecule has 6 nitrogen and oxygen atoms in total. The smallest absolute Gasteiger partial charge is 0.327 e. The number of halogens is 2. The zero-order chi connectivity index (χ0) is 43.7. The van der Waals surface area contributed by atoms with Crippen LogP contribution in [0.15, 0.2) is 147 Å². The molecule has 0 unspecified atom stereocenters. The van der Waals surface area contributed by atoms with E-state index in [2.05, 4.69) is 117 Å². The quantitative estimate of drug-likeness (QED) is 0.0476. The Labute approximate surface area is 469 Å². The summed E-state index contributed by atoms with van der Waals surface area (Å²) in [6.45, 7) is 2.25. The zero-order valence-electron chi connectivity index (χ0n) is 40.5. The van der Waals surface area contributed by atoms with Gasteiger partial charge in [-0.2, -0.15) is 0 Å². The fourth-order valence-corrected chi connectivity index (χ4v) is 9.97. The summed E-state index contributed by atoms with van der Waals surface area (Å²) in [5, 5.41) is 0. The Bertz CT molecular complexity index is 1960. The van der Waals surface area contributed by atoms with Gasteiger partial charge in [-0.1, -0.05) is 155 Å². The molecule has 4 aliphatic rings. The SMILES string of the molecule is C.C.C1CCCC1.C1CCCC1.[Cl-].[Fe].[Fe].[I-].c1ccc(-[n+]2ccc(-c3cc[n+](CCCCC4CCCC4)cc3)cc2)nc1.c1ccc(-[n+]2ccc(-c3cc[n+](CCCCC4CCCC4)cc3)cc2)nc1.